The second-order valence-electron chi connectivity index (χ2n) is 7.19. The first kappa shape index (κ1) is 17.5. The van der Waals surface area contributed by atoms with Gasteiger partial charge < -0.3 is 10.6 Å². The SMILES string of the molecule is Cn1nnc2cc(NC(=O)NCC3(c4ccccc4F)CCCC3)ccc21. The number of carbonyl (C=O) groups excluding carboxylic acids is 1. The third kappa shape index (κ3) is 3.37. The number of fused-ring (bicyclic) bond motifs is 1. The summed E-state index contributed by atoms with van der Waals surface area (Å²) in [5, 5.41) is 13.8. The molecule has 0 spiro atoms. The maximum Gasteiger partial charge on any atom is 0.319 e. The van der Waals surface area contributed by atoms with Gasteiger partial charge in [0.2, 0.25) is 0 Å². The van der Waals surface area contributed by atoms with E-state index in [0.717, 1.165) is 31.2 Å². The molecule has 0 atom stereocenters. The summed E-state index contributed by atoms with van der Waals surface area (Å²) in [6.45, 7) is 0.410. The molecule has 7 heteroatoms. The van der Waals surface area contributed by atoms with Crippen molar-refractivity contribution in [3.8, 4) is 0 Å². The highest BCUT2D eigenvalue weighted by atomic mass is 19.1. The average molecular weight is 367 g/mol. The predicted octanol–water partition coefficient (Wildman–Crippen LogP) is 3.74. The van der Waals surface area contributed by atoms with Gasteiger partial charge in [0.25, 0.3) is 0 Å². The number of halogens is 1. The van der Waals surface area contributed by atoms with Gasteiger partial charge >= 0.3 is 6.03 Å². The van der Waals surface area contributed by atoms with E-state index in [1.807, 2.05) is 31.3 Å². The summed E-state index contributed by atoms with van der Waals surface area (Å²) in [6, 6.07) is 12.0. The molecule has 1 aromatic heterocycles. The van der Waals surface area contributed by atoms with Crippen LogP contribution in [0.4, 0.5) is 14.9 Å². The first-order valence-corrected chi connectivity index (χ1v) is 9.17. The van der Waals surface area contributed by atoms with Crippen molar-refractivity contribution in [3.63, 3.8) is 0 Å². The summed E-state index contributed by atoms with van der Waals surface area (Å²) in [7, 11) is 1.82. The van der Waals surface area contributed by atoms with Crippen LogP contribution in [0, 0.1) is 5.82 Å². The molecule has 1 aliphatic rings. The highest BCUT2D eigenvalue weighted by molar-refractivity contribution is 5.91. The summed E-state index contributed by atoms with van der Waals surface area (Å²) in [4.78, 5) is 12.4. The van der Waals surface area contributed by atoms with Gasteiger partial charge in [0, 0.05) is 24.7 Å². The largest absolute Gasteiger partial charge is 0.337 e. The highest BCUT2D eigenvalue weighted by Gasteiger charge is 2.37. The topological polar surface area (TPSA) is 71.8 Å². The Labute approximate surface area is 156 Å². The van der Waals surface area contributed by atoms with Gasteiger partial charge in [-0.3, -0.25) is 0 Å². The Balaban J connectivity index is 1.46. The normalized spacial score (nSPS) is 15.8. The van der Waals surface area contributed by atoms with Crippen molar-refractivity contribution in [1.82, 2.24) is 20.3 Å². The van der Waals surface area contributed by atoms with Crippen molar-refractivity contribution in [3.05, 3.63) is 53.8 Å². The van der Waals surface area contributed by atoms with Gasteiger partial charge in [-0.25, -0.2) is 13.9 Å². The van der Waals surface area contributed by atoms with E-state index in [2.05, 4.69) is 20.9 Å². The number of anilines is 1. The highest BCUT2D eigenvalue weighted by Crippen LogP contribution is 2.41. The number of rotatable bonds is 4. The zero-order chi connectivity index (χ0) is 18.9. The number of nitrogens with zero attached hydrogens (tertiary/aromatic N) is 3. The molecule has 1 heterocycles. The third-order valence-corrected chi connectivity index (χ3v) is 5.46. The molecule has 1 saturated carbocycles. The van der Waals surface area contributed by atoms with Crippen molar-refractivity contribution in [2.75, 3.05) is 11.9 Å². The fraction of sp³-hybridized carbons (Fsp3) is 0.350. The van der Waals surface area contributed by atoms with E-state index in [-0.39, 0.29) is 17.3 Å². The quantitative estimate of drug-likeness (QED) is 0.738. The lowest BCUT2D eigenvalue weighted by atomic mass is 9.78. The fourth-order valence-corrected chi connectivity index (χ4v) is 4.03. The molecule has 1 fully saturated rings. The number of aromatic nitrogens is 3. The predicted molar refractivity (Wildman–Crippen MR) is 102 cm³/mol. The molecule has 2 aromatic carbocycles. The Bertz CT molecular complexity index is 977. The van der Waals surface area contributed by atoms with Crippen LogP contribution >= 0.6 is 0 Å². The number of amides is 2. The van der Waals surface area contributed by atoms with E-state index >= 15 is 0 Å². The summed E-state index contributed by atoms with van der Waals surface area (Å²) < 4.78 is 16.0. The number of hydrogen-bond acceptors (Lipinski definition) is 3. The van der Waals surface area contributed by atoms with Crippen molar-refractivity contribution in [2.45, 2.75) is 31.1 Å². The van der Waals surface area contributed by atoms with Gasteiger partial charge in [-0.2, -0.15) is 0 Å². The molecule has 6 nitrogen and oxygen atoms in total. The van der Waals surface area contributed by atoms with Crippen molar-refractivity contribution in [2.24, 2.45) is 7.05 Å². The zero-order valence-corrected chi connectivity index (χ0v) is 15.2. The van der Waals surface area contributed by atoms with Gasteiger partial charge in [-0.1, -0.05) is 36.3 Å². The summed E-state index contributed by atoms with van der Waals surface area (Å²) >= 11 is 0. The van der Waals surface area contributed by atoms with Gasteiger partial charge in [0.15, 0.2) is 0 Å². The smallest absolute Gasteiger partial charge is 0.319 e. The summed E-state index contributed by atoms with van der Waals surface area (Å²) in [5.41, 5.74) is 2.62. The van der Waals surface area contributed by atoms with Crippen molar-refractivity contribution < 1.29 is 9.18 Å². The Kier molecular flexibility index (Phi) is 4.51. The molecule has 2 amide bonds. The van der Waals surface area contributed by atoms with Gasteiger partial charge in [-0.05, 0) is 42.7 Å². The second kappa shape index (κ2) is 6.98. The van der Waals surface area contributed by atoms with Crippen molar-refractivity contribution in [1.29, 1.82) is 0 Å². The van der Waals surface area contributed by atoms with Crippen LogP contribution in [-0.4, -0.2) is 27.6 Å². The van der Waals surface area contributed by atoms with E-state index in [4.69, 9.17) is 0 Å². The van der Waals surface area contributed by atoms with Gasteiger partial charge in [-0.15, -0.1) is 5.10 Å². The monoisotopic (exact) mass is 367 g/mol. The molecule has 27 heavy (non-hydrogen) atoms. The van der Waals surface area contributed by atoms with Gasteiger partial charge in [0.05, 0.1) is 5.52 Å². The van der Waals surface area contributed by atoms with E-state index in [1.165, 1.54) is 6.07 Å². The van der Waals surface area contributed by atoms with Crippen LogP contribution in [0.15, 0.2) is 42.5 Å². The fourth-order valence-electron chi connectivity index (χ4n) is 4.03. The molecule has 2 N–H and O–H groups in total. The molecular weight excluding hydrogens is 345 g/mol. The maximum absolute atomic E-state index is 14.4. The lowest BCUT2D eigenvalue weighted by Crippen LogP contribution is -2.41. The number of carbonyl (C=O) groups is 1. The molecule has 0 saturated heterocycles. The van der Waals surface area contributed by atoms with Crippen LogP contribution < -0.4 is 10.6 Å². The van der Waals surface area contributed by atoms with Crippen LogP contribution in [0.3, 0.4) is 0 Å². The van der Waals surface area contributed by atoms with E-state index in [0.29, 0.717) is 23.3 Å². The zero-order valence-electron chi connectivity index (χ0n) is 15.2. The third-order valence-electron chi connectivity index (χ3n) is 5.46. The number of aryl methyl sites for hydroxylation is 1. The Morgan fingerprint density at radius 1 is 1.22 bits per heavy atom. The number of urea groups is 1. The minimum Gasteiger partial charge on any atom is -0.337 e. The summed E-state index contributed by atoms with van der Waals surface area (Å²) in [6.07, 6.45) is 3.83. The Hall–Kier alpha value is -2.96. The van der Waals surface area contributed by atoms with Crippen LogP contribution in [0.25, 0.3) is 11.0 Å². The van der Waals surface area contributed by atoms with Crippen LogP contribution in [0.5, 0.6) is 0 Å². The molecule has 4 rings (SSSR count). The molecule has 0 aliphatic heterocycles. The molecular formula is C20H22FN5O. The molecule has 0 radical (unpaired) electrons. The van der Waals surface area contributed by atoms with Crippen molar-refractivity contribution >= 4 is 22.8 Å². The molecule has 0 bridgehead atoms. The first-order chi connectivity index (χ1) is 13.1. The van der Waals surface area contributed by atoms with Crippen LogP contribution in [0.2, 0.25) is 0 Å². The average Bonchev–Trinajstić information content (AvgIpc) is 3.28. The van der Waals surface area contributed by atoms with E-state index < -0.39 is 0 Å². The maximum atomic E-state index is 14.4. The van der Waals surface area contributed by atoms with Crippen LogP contribution in [0.1, 0.15) is 31.2 Å². The Morgan fingerprint density at radius 2 is 2.00 bits per heavy atom. The minimum atomic E-state index is -0.336. The Morgan fingerprint density at radius 3 is 2.78 bits per heavy atom. The number of benzene rings is 2. The first-order valence-electron chi connectivity index (χ1n) is 9.17. The second-order valence-corrected chi connectivity index (χ2v) is 7.19. The molecule has 3 aromatic rings. The molecule has 1 aliphatic carbocycles. The standard InChI is InChI=1S/C20H22FN5O/c1-26-18-9-8-14(12-17(18)24-25-26)23-19(27)22-13-20(10-4-5-11-20)15-6-2-3-7-16(15)21/h2-3,6-9,12H,4-5,10-11,13H2,1H3,(H2,22,23,27). The lowest BCUT2D eigenvalue weighted by molar-refractivity contribution is 0.248. The number of hydrogen-bond donors (Lipinski definition) is 2. The van der Waals surface area contributed by atoms with E-state index in [1.54, 1.807) is 16.8 Å². The summed E-state index contributed by atoms with van der Waals surface area (Å²) in [5.74, 6) is -0.199. The molecule has 0 unspecified atom stereocenters. The van der Waals surface area contributed by atoms with Crippen LogP contribution in [-0.2, 0) is 12.5 Å². The van der Waals surface area contributed by atoms with Gasteiger partial charge in [0.1, 0.15) is 11.3 Å². The number of nitrogens with one attached hydrogen (secondary N) is 2. The van der Waals surface area contributed by atoms with E-state index in [9.17, 15) is 9.18 Å². The lowest BCUT2D eigenvalue weighted by Gasteiger charge is -2.30. The molecule has 140 valence electrons. The minimum absolute atomic E-state index is 0.199.